The summed E-state index contributed by atoms with van der Waals surface area (Å²) in [5, 5.41) is 8.36. The number of methoxy groups -OCH3 is 1. The number of rotatable bonds is 4. The van der Waals surface area contributed by atoms with Crippen LogP contribution in [0.5, 0.6) is 28.7 Å². The summed E-state index contributed by atoms with van der Waals surface area (Å²) in [5.41, 5.74) is 1.52. The Labute approximate surface area is 277 Å². The van der Waals surface area contributed by atoms with Crippen molar-refractivity contribution < 1.29 is 42.5 Å². The van der Waals surface area contributed by atoms with E-state index in [-0.39, 0.29) is 67.5 Å². The molecule has 0 spiro atoms. The normalized spacial score (nSPS) is 17.5. The van der Waals surface area contributed by atoms with Crippen molar-refractivity contribution in [3.8, 4) is 28.7 Å². The predicted octanol–water partition coefficient (Wildman–Crippen LogP) is 3.85. The minimum absolute atomic E-state index is 0.0296. The maximum Gasteiger partial charge on any atom is 0.251 e. The number of fused-ring (bicyclic) bond motifs is 17. The highest BCUT2D eigenvalue weighted by Crippen LogP contribution is 2.34. The third-order valence-electron chi connectivity index (χ3n) is 8.04. The molecule has 0 unspecified atom stereocenters. The van der Waals surface area contributed by atoms with Gasteiger partial charge in [-0.1, -0.05) is 19.1 Å². The molecule has 0 radical (unpaired) electrons. The summed E-state index contributed by atoms with van der Waals surface area (Å²) < 4.78 is 37.0. The van der Waals surface area contributed by atoms with Gasteiger partial charge in [0.25, 0.3) is 5.91 Å². The SMILES string of the molecule is CC[C@@H]1NC(=O)CCCN(C(=O)Cc2ccc3c(c2)OCO3)CCCNC(=O)c2ccc(OC)c(c2)Oc2ccc(cc2F)CNC1=O. The van der Waals surface area contributed by atoms with E-state index in [9.17, 15) is 19.2 Å². The molecule has 4 bridgehead atoms. The van der Waals surface area contributed by atoms with Crippen molar-refractivity contribution in [3.05, 3.63) is 77.1 Å². The van der Waals surface area contributed by atoms with Crippen LogP contribution in [0, 0.1) is 5.82 Å². The standard InChI is InChI=1S/C35H39FN4O8/c1-3-26-35(44)38-20-23-8-10-27(25(36)16-23)48-31-19-24(9-12-28(31)45-2)34(43)37-13-5-15-40(14-4-6-32(41)39-26)33(42)18-22-7-11-29-30(17-22)47-21-46-29/h7-12,16-17,19,26H,3-6,13-15,18,20-21H2,1-2H3,(H,37,43)(H,38,44)(H,39,41)/t26-/m0/s1. The van der Waals surface area contributed by atoms with Gasteiger partial charge in [0, 0.05) is 38.2 Å². The lowest BCUT2D eigenvalue weighted by Gasteiger charge is -2.23. The molecule has 3 aromatic carbocycles. The highest BCUT2D eigenvalue weighted by Gasteiger charge is 2.22. The fourth-order valence-electron chi connectivity index (χ4n) is 5.39. The molecule has 3 heterocycles. The van der Waals surface area contributed by atoms with Gasteiger partial charge in [-0.25, -0.2) is 4.39 Å². The fourth-order valence-corrected chi connectivity index (χ4v) is 5.39. The third-order valence-corrected chi connectivity index (χ3v) is 8.04. The molecule has 0 aliphatic carbocycles. The van der Waals surface area contributed by atoms with E-state index in [1.54, 1.807) is 42.2 Å². The zero-order chi connectivity index (χ0) is 34.0. The quantitative estimate of drug-likeness (QED) is 0.382. The first kappa shape index (κ1) is 34.0. The number of ether oxygens (including phenoxy) is 4. The average Bonchev–Trinajstić information content (AvgIpc) is 3.55. The molecule has 13 heteroatoms. The number of halogens is 1. The van der Waals surface area contributed by atoms with Crippen molar-refractivity contribution in [1.82, 2.24) is 20.9 Å². The summed E-state index contributed by atoms with van der Waals surface area (Å²) in [5.74, 6) is -0.365. The zero-order valence-corrected chi connectivity index (χ0v) is 26.9. The van der Waals surface area contributed by atoms with Crippen molar-refractivity contribution in [2.75, 3.05) is 33.5 Å². The van der Waals surface area contributed by atoms with E-state index < -0.39 is 17.8 Å². The average molecular weight is 663 g/mol. The molecule has 48 heavy (non-hydrogen) atoms. The molecule has 3 aromatic rings. The number of hydrogen-bond acceptors (Lipinski definition) is 8. The zero-order valence-electron chi connectivity index (χ0n) is 26.9. The van der Waals surface area contributed by atoms with Gasteiger partial charge in [-0.05, 0) is 72.9 Å². The number of nitrogens with zero attached hydrogens (tertiary/aromatic N) is 1. The molecule has 3 N–H and O–H groups in total. The van der Waals surface area contributed by atoms with Crippen molar-refractivity contribution in [1.29, 1.82) is 0 Å². The topological polar surface area (TPSA) is 145 Å². The first-order valence-electron chi connectivity index (χ1n) is 15.9. The van der Waals surface area contributed by atoms with Gasteiger partial charge in [0.2, 0.25) is 24.5 Å². The summed E-state index contributed by atoms with van der Waals surface area (Å²) in [6.45, 7) is 2.83. The molecular formula is C35H39FN4O8. The molecule has 12 nitrogen and oxygen atoms in total. The first-order valence-corrected chi connectivity index (χ1v) is 15.9. The van der Waals surface area contributed by atoms with Gasteiger partial charge in [0.15, 0.2) is 34.6 Å². The van der Waals surface area contributed by atoms with Gasteiger partial charge in [0.05, 0.1) is 13.5 Å². The number of nitrogens with one attached hydrogen (secondary N) is 3. The molecule has 3 aliphatic heterocycles. The minimum Gasteiger partial charge on any atom is -0.493 e. The van der Waals surface area contributed by atoms with Crippen LogP contribution >= 0.6 is 0 Å². The third kappa shape index (κ3) is 8.72. The number of carbonyl (C=O) groups excluding carboxylic acids is 4. The number of amides is 4. The van der Waals surface area contributed by atoms with Crippen LogP contribution in [-0.2, 0) is 27.3 Å². The molecule has 3 aliphatic rings. The Morgan fingerprint density at radius 3 is 2.52 bits per heavy atom. The van der Waals surface area contributed by atoms with E-state index in [4.69, 9.17) is 18.9 Å². The molecule has 0 saturated heterocycles. The van der Waals surface area contributed by atoms with Gasteiger partial charge in [-0.3, -0.25) is 19.2 Å². The fraction of sp³-hybridized carbons (Fsp3) is 0.371. The number of benzene rings is 3. The van der Waals surface area contributed by atoms with Crippen LogP contribution in [0.15, 0.2) is 54.6 Å². The maximum absolute atomic E-state index is 15.1. The Kier molecular flexibility index (Phi) is 11.3. The molecule has 4 amide bonds. The van der Waals surface area contributed by atoms with E-state index in [0.717, 1.165) is 5.56 Å². The van der Waals surface area contributed by atoms with Gasteiger partial charge < -0.3 is 39.8 Å². The van der Waals surface area contributed by atoms with E-state index >= 15 is 4.39 Å². The monoisotopic (exact) mass is 662 g/mol. The van der Waals surface area contributed by atoms with Crippen molar-refractivity contribution >= 4 is 23.6 Å². The molecule has 0 aromatic heterocycles. The van der Waals surface area contributed by atoms with E-state index in [2.05, 4.69) is 16.0 Å². The molecule has 0 fully saturated rings. The van der Waals surface area contributed by atoms with Gasteiger partial charge in [0.1, 0.15) is 6.04 Å². The largest absolute Gasteiger partial charge is 0.493 e. The van der Waals surface area contributed by atoms with Crippen LogP contribution in [0.1, 0.15) is 54.1 Å². The highest BCUT2D eigenvalue weighted by molar-refractivity contribution is 5.95. The van der Waals surface area contributed by atoms with Gasteiger partial charge in [-0.15, -0.1) is 0 Å². The van der Waals surface area contributed by atoms with Crippen molar-refractivity contribution in [2.24, 2.45) is 0 Å². The lowest BCUT2D eigenvalue weighted by molar-refractivity contribution is -0.131. The molecule has 1 atom stereocenters. The Bertz CT molecular complexity index is 1670. The van der Waals surface area contributed by atoms with Crippen LogP contribution in [0.25, 0.3) is 0 Å². The molecule has 254 valence electrons. The Morgan fingerprint density at radius 2 is 1.73 bits per heavy atom. The van der Waals surface area contributed by atoms with E-state index in [0.29, 0.717) is 55.2 Å². The van der Waals surface area contributed by atoms with Crippen LogP contribution in [0.3, 0.4) is 0 Å². The summed E-state index contributed by atoms with van der Waals surface area (Å²) in [6.07, 6.45) is 1.37. The van der Waals surface area contributed by atoms with Gasteiger partial charge >= 0.3 is 0 Å². The van der Waals surface area contributed by atoms with E-state index in [1.807, 2.05) is 6.07 Å². The lowest BCUT2D eigenvalue weighted by atomic mass is 10.1. The van der Waals surface area contributed by atoms with Crippen LogP contribution in [-0.4, -0.2) is 68.1 Å². The summed E-state index contributed by atoms with van der Waals surface area (Å²) in [7, 11) is 1.44. The maximum atomic E-state index is 15.1. The lowest BCUT2D eigenvalue weighted by Crippen LogP contribution is -2.46. The molecular weight excluding hydrogens is 623 g/mol. The Balaban J connectivity index is 1.33. The summed E-state index contributed by atoms with van der Waals surface area (Å²) in [6, 6.07) is 13.4. The van der Waals surface area contributed by atoms with Crippen LogP contribution in [0.2, 0.25) is 0 Å². The minimum atomic E-state index is -0.779. The van der Waals surface area contributed by atoms with Gasteiger partial charge in [-0.2, -0.15) is 0 Å². The predicted molar refractivity (Wildman–Crippen MR) is 173 cm³/mol. The molecule has 6 rings (SSSR count). The van der Waals surface area contributed by atoms with Crippen molar-refractivity contribution in [3.63, 3.8) is 0 Å². The second kappa shape index (κ2) is 16.0. The Morgan fingerprint density at radius 1 is 0.938 bits per heavy atom. The Hall–Kier alpha value is -5.33. The highest BCUT2D eigenvalue weighted by atomic mass is 19.1. The second-order valence-electron chi connectivity index (χ2n) is 11.4. The smallest absolute Gasteiger partial charge is 0.251 e. The first-order chi connectivity index (χ1) is 23.2. The van der Waals surface area contributed by atoms with Crippen molar-refractivity contribution in [2.45, 2.75) is 51.6 Å². The number of hydrogen-bond donors (Lipinski definition) is 3. The number of carbonyl (C=O) groups is 4. The second-order valence-corrected chi connectivity index (χ2v) is 11.4. The molecule has 0 saturated carbocycles. The van der Waals surface area contributed by atoms with Crippen LogP contribution in [0.4, 0.5) is 4.39 Å². The van der Waals surface area contributed by atoms with E-state index in [1.165, 1.54) is 25.3 Å². The summed E-state index contributed by atoms with van der Waals surface area (Å²) in [4.78, 5) is 53.9. The van der Waals surface area contributed by atoms with Crippen LogP contribution < -0.4 is 34.9 Å². The summed E-state index contributed by atoms with van der Waals surface area (Å²) >= 11 is 0.